The first-order valence-electron chi connectivity index (χ1n) is 6.51. The van der Waals surface area contributed by atoms with E-state index in [4.69, 9.17) is 16.0 Å². The number of fused-ring (bicyclic) bond motifs is 1. The predicted octanol–water partition coefficient (Wildman–Crippen LogP) is 3.90. The van der Waals surface area contributed by atoms with Gasteiger partial charge in [0.25, 0.3) is 10.0 Å². The molecule has 0 saturated carbocycles. The van der Waals surface area contributed by atoms with Crippen molar-refractivity contribution in [2.75, 3.05) is 4.72 Å². The molecule has 0 aliphatic rings. The van der Waals surface area contributed by atoms with E-state index in [9.17, 15) is 8.42 Å². The van der Waals surface area contributed by atoms with Crippen molar-refractivity contribution in [1.82, 2.24) is 4.98 Å². The highest BCUT2D eigenvalue weighted by molar-refractivity contribution is 7.92. The minimum absolute atomic E-state index is 0.118. The number of sulfonamides is 1. The van der Waals surface area contributed by atoms with Crippen LogP contribution >= 0.6 is 11.6 Å². The zero-order chi connectivity index (χ0) is 15.9. The van der Waals surface area contributed by atoms with Crippen LogP contribution in [0, 0.1) is 13.8 Å². The fraction of sp³-hybridized carbons (Fsp3) is 0.133. The summed E-state index contributed by atoms with van der Waals surface area (Å²) >= 11 is 5.92. The SMILES string of the molecule is Cc1nc2cc(S(=O)(=O)Nc3cc(Cl)ccc3C)ccc2o1. The molecule has 0 fully saturated rings. The van der Waals surface area contributed by atoms with E-state index in [1.165, 1.54) is 12.1 Å². The number of anilines is 1. The Morgan fingerprint density at radius 2 is 1.91 bits per heavy atom. The van der Waals surface area contributed by atoms with E-state index in [0.29, 0.717) is 27.7 Å². The van der Waals surface area contributed by atoms with Crippen molar-refractivity contribution in [2.24, 2.45) is 0 Å². The number of aryl methyl sites for hydroxylation is 2. The molecule has 0 amide bonds. The normalized spacial score (nSPS) is 11.8. The van der Waals surface area contributed by atoms with Gasteiger partial charge in [-0.1, -0.05) is 17.7 Å². The van der Waals surface area contributed by atoms with Crippen molar-refractivity contribution in [2.45, 2.75) is 18.7 Å². The van der Waals surface area contributed by atoms with Gasteiger partial charge < -0.3 is 4.42 Å². The van der Waals surface area contributed by atoms with Crippen molar-refractivity contribution in [3.63, 3.8) is 0 Å². The number of nitrogens with one attached hydrogen (secondary N) is 1. The molecule has 1 aromatic heterocycles. The van der Waals surface area contributed by atoms with E-state index >= 15 is 0 Å². The maximum atomic E-state index is 12.5. The van der Waals surface area contributed by atoms with E-state index in [2.05, 4.69) is 9.71 Å². The summed E-state index contributed by atoms with van der Waals surface area (Å²) in [6.45, 7) is 3.51. The molecule has 0 aliphatic carbocycles. The molecule has 1 heterocycles. The van der Waals surface area contributed by atoms with Gasteiger partial charge in [-0.15, -0.1) is 0 Å². The molecule has 3 aromatic rings. The smallest absolute Gasteiger partial charge is 0.261 e. The van der Waals surface area contributed by atoms with Crippen molar-refractivity contribution < 1.29 is 12.8 Å². The Balaban J connectivity index is 2.02. The maximum absolute atomic E-state index is 12.5. The molecule has 0 bridgehead atoms. The van der Waals surface area contributed by atoms with Gasteiger partial charge in [0.05, 0.1) is 10.6 Å². The standard InChI is InChI=1S/C15H13ClN2O3S/c1-9-3-4-11(16)7-13(9)18-22(19,20)12-5-6-15-14(8-12)17-10(2)21-15/h3-8,18H,1-2H3. The van der Waals surface area contributed by atoms with Crippen LogP contribution in [0.25, 0.3) is 11.1 Å². The van der Waals surface area contributed by atoms with Crippen LogP contribution in [0.4, 0.5) is 5.69 Å². The van der Waals surface area contributed by atoms with Gasteiger partial charge >= 0.3 is 0 Å². The first-order chi connectivity index (χ1) is 10.3. The molecule has 22 heavy (non-hydrogen) atoms. The van der Waals surface area contributed by atoms with E-state index in [-0.39, 0.29) is 4.90 Å². The highest BCUT2D eigenvalue weighted by Crippen LogP contribution is 2.25. The summed E-state index contributed by atoms with van der Waals surface area (Å²) in [4.78, 5) is 4.26. The molecule has 0 aliphatic heterocycles. The van der Waals surface area contributed by atoms with Gasteiger partial charge in [-0.05, 0) is 42.8 Å². The van der Waals surface area contributed by atoms with Gasteiger partial charge in [0.15, 0.2) is 11.5 Å². The lowest BCUT2D eigenvalue weighted by Crippen LogP contribution is -2.13. The van der Waals surface area contributed by atoms with E-state index in [1.54, 1.807) is 38.1 Å². The highest BCUT2D eigenvalue weighted by atomic mass is 35.5. The van der Waals surface area contributed by atoms with Crippen LogP contribution in [-0.2, 0) is 10.0 Å². The summed E-state index contributed by atoms with van der Waals surface area (Å²) in [5, 5.41) is 0.464. The van der Waals surface area contributed by atoms with Crippen LogP contribution in [0.1, 0.15) is 11.5 Å². The molecular weight excluding hydrogens is 324 g/mol. The van der Waals surface area contributed by atoms with E-state index in [1.807, 2.05) is 0 Å². The molecule has 0 atom stereocenters. The number of halogens is 1. The average molecular weight is 337 g/mol. The molecule has 5 nitrogen and oxygen atoms in total. The monoisotopic (exact) mass is 336 g/mol. The Hall–Kier alpha value is -2.05. The Morgan fingerprint density at radius 1 is 1.14 bits per heavy atom. The van der Waals surface area contributed by atoms with Gasteiger partial charge in [-0.2, -0.15) is 0 Å². The first kappa shape index (κ1) is 14.9. The minimum Gasteiger partial charge on any atom is -0.441 e. The summed E-state index contributed by atoms with van der Waals surface area (Å²) in [5.74, 6) is 0.489. The number of hydrogen-bond acceptors (Lipinski definition) is 4. The summed E-state index contributed by atoms with van der Waals surface area (Å²) in [6.07, 6.45) is 0. The summed E-state index contributed by atoms with van der Waals surface area (Å²) < 4.78 is 32.9. The summed E-state index contributed by atoms with van der Waals surface area (Å²) in [7, 11) is -3.73. The van der Waals surface area contributed by atoms with Crippen molar-refractivity contribution in [3.05, 3.63) is 52.9 Å². The average Bonchev–Trinajstić information content (AvgIpc) is 2.81. The lowest BCUT2D eigenvalue weighted by Gasteiger charge is -2.10. The van der Waals surface area contributed by atoms with Crippen molar-refractivity contribution >= 4 is 38.4 Å². The molecule has 7 heteroatoms. The van der Waals surface area contributed by atoms with Gasteiger partial charge in [0.2, 0.25) is 0 Å². The van der Waals surface area contributed by atoms with Crippen molar-refractivity contribution in [1.29, 1.82) is 0 Å². The highest BCUT2D eigenvalue weighted by Gasteiger charge is 2.17. The van der Waals surface area contributed by atoms with Gasteiger partial charge in [0.1, 0.15) is 5.52 Å². The Morgan fingerprint density at radius 3 is 2.68 bits per heavy atom. The van der Waals surface area contributed by atoms with E-state index in [0.717, 1.165) is 5.56 Å². The molecule has 0 radical (unpaired) electrons. The molecule has 1 N–H and O–H groups in total. The number of benzene rings is 2. The third-order valence-electron chi connectivity index (χ3n) is 3.22. The zero-order valence-electron chi connectivity index (χ0n) is 11.9. The van der Waals surface area contributed by atoms with Crippen LogP contribution < -0.4 is 4.72 Å². The van der Waals surface area contributed by atoms with Crippen LogP contribution in [0.2, 0.25) is 5.02 Å². The second-order valence-corrected chi connectivity index (χ2v) is 7.05. The number of oxazole rings is 1. The zero-order valence-corrected chi connectivity index (χ0v) is 13.5. The topological polar surface area (TPSA) is 72.2 Å². The first-order valence-corrected chi connectivity index (χ1v) is 8.37. The van der Waals surface area contributed by atoms with E-state index < -0.39 is 10.0 Å². The molecule has 114 valence electrons. The summed E-state index contributed by atoms with van der Waals surface area (Å²) in [6, 6.07) is 9.59. The van der Waals surface area contributed by atoms with Crippen LogP contribution in [-0.4, -0.2) is 13.4 Å². The molecule has 0 spiro atoms. The Kier molecular flexibility index (Phi) is 3.58. The molecule has 0 saturated heterocycles. The third-order valence-corrected chi connectivity index (χ3v) is 4.82. The summed E-state index contributed by atoms with van der Waals surface area (Å²) in [5.41, 5.74) is 2.29. The number of hydrogen-bond donors (Lipinski definition) is 1. The molecular formula is C15H13ClN2O3S. The fourth-order valence-electron chi connectivity index (χ4n) is 2.10. The quantitative estimate of drug-likeness (QED) is 0.787. The third kappa shape index (κ3) is 2.80. The lowest BCUT2D eigenvalue weighted by molar-refractivity contribution is 0.561. The molecule has 0 unspecified atom stereocenters. The largest absolute Gasteiger partial charge is 0.441 e. The second-order valence-electron chi connectivity index (χ2n) is 4.93. The van der Waals surface area contributed by atoms with Gasteiger partial charge in [0, 0.05) is 11.9 Å². The Labute approximate surface area is 133 Å². The molecule has 2 aromatic carbocycles. The number of nitrogens with zero attached hydrogens (tertiary/aromatic N) is 1. The number of aromatic nitrogens is 1. The minimum atomic E-state index is -3.73. The van der Waals surface area contributed by atoms with Crippen LogP contribution in [0.3, 0.4) is 0 Å². The fourth-order valence-corrected chi connectivity index (χ4v) is 3.41. The second kappa shape index (κ2) is 5.30. The van der Waals surface area contributed by atoms with Crippen LogP contribution in [0.5, 0.6) is 0 Å². The van der Waals surface area contributed by atoms with Gasteiger partial charge in [-0.3, -0.25) is 4.72 Å². The Bertz CT molecular complexity index is 964. The number of rotatable bonds is 3. The van der Waals surface area contributed by atoms with Gasteiger partial charge in [-0.25, -0.2) is 13.4 Å². The maximum Gasteiger partial charge on any atom is 0.261 e. The lowest BCUT2D eigenvalue weighted by atomic mass is 10.2. The molecule has 3 rings (SSSR count). The van der Waals surface area contributed by atoms with Crippen molar-refractivity contribution in [3.8, 4) is 0 Å². The predicted molar refractivity (Wildman–Crippen MR) is 85.7 cm³/mol. The van der Waals surface area contributed by atoms with Crippen LogP contribution in [0.15, 0.2) is 45.7 Å².